The molecule has 2 rings (SSSR count). The molecule has 1 aromatic rings. The SMILES string of the molecule is COCCc1nc(N2CCC(N)C2)n[nH]1. The molecule has 1 fully saturated rings. The predicted molar refractivity (Wildman–Crippen MR) is 56.8 cm³/mol. The van der Waals surface area contributed by atoms with Gasteiger partial charge in [0.2, 0.25) is 5.95 Å². The van der Waals surface area contributed by atoms with E-state index in [1.54, 1.807) is 7.11 Å². The lowest BCUT2D eigenvalue weighted by Gasteiger charge is -2.11. The molecule has 3 N–H and O–H groups in total. The van der Waals surface area contributed by atoms with Crippen LogP contribution in [0.3, 0.4) is 0 Å². The normalized spacial score (nSPS) is 21.2. The van der Waals surface area contributed by atoms with Gasteiger partial charge in [-0.1, -0.05) is 0 Å². The maximum Gasteiger partial charge on any atom is 0.244 e. The van der Waals surface area contributed by atoms with Crippen LogP contribution in [0, 0.1) is 0 Å². The van der Waals surface area contributed by atoms with Crippen molar-refractivity contribution < 1.29 is 4.74 Å². The first-order valence-corrected chi connectivity index (χ1v) is 5.20. The monoisotopic (exact) mass is 211 g/mol. The molecule has 0 amide bonds. The fourth-order valence-electron chi connectivity index (χ4n) is 1.71. The first-order valence-electron chi connectivity index (χ1n) is 5.20. The number of methoxy groups -OCH3 is 1. The van der Waals surface area contributed by atoms with Crippen LogP contribution >= 0.6 is 0 Å². The predicted octanol–water partition coefficient (Wildman–Crippen LogP) is -0.469. The third-order valence-corrected chi connectivity index (χ3v) is 2.57. The van der Waals surface area contributed by atoms with E-state index in [2.05, 4.69) is 20.1 Å². The summed E-state index contributed by atoms with van der Waals surface area (Å²) in [6.45, 7) is 2.46. The Morgan fingerprint density at radius 2 is 2.53 bits per heavy atom. The van der Waals surface area contributed by atoms with Gasteiger partial charge in [-0.05, 0) is 6.42 Å². The minimum absolute atomic E-state index is 0.255. The highest BCUT2D eigenvalue weighted by atomic mass is 16.5. The topological polar surface area (TPSA) is 80.1 Å². The number of aromatic amines is 1. The van der Waals surface area contributed by atoms with Gasteiger partial charge in [0.15, 0.2) is 0 Å². The number of nitrogens with zero attached hydrogens (tertiary/aromatic N) is 3. The van der Waals surface area contributed by atoms with Crippen molar-refractivity contribution in [2.24, 2.45) is 5.73 Å². The quantitative estimate of drug-likeness (QED) is 0.704. The van der Waals surface area contributed by atoms with E-state index >= 15 is 0 Å². The average Bonchev–Trinajstić information content (AvgIpc) is 2.83. The average molecular weight is 211 g/mol. The van der Waals surface area contributed by atoms with Gasteiger partial charge in [-0.15, -0.1) is 5.10 Å². The summed E-state index contributed by atoms with van der Waals surface area (Å²) >= 11 is 0. The molecule has 0 aromatic carbocycles. The largest absolute Gasteiger partial charge is 0.384 e. The number of anilines is 1. The third kappa shape index (κ3) is 2.45. The first kappa shape index (κ1) is 10.4. The zero-order valence-electron chi connectivity index (χ0n) is 8.94. The van der Waals surface area contributed by atoms with Crippen molar-refractivity contribution in [3.63, 3.8) is 0 Å². The number of nitrogens with one attached hydrogen (secondary N) is 1. The number of hydrogen-bond acceptors (Lipinski definition) is 5. The Balaban J connectivity index is 1.94. The van der Waals surface area contributed by atoms with Crippen molar-refractivity contribution in [3.8, 4) is 0 Å². The highest BCUT2D eigenvalue weighted by Crippen LogP contribution is 2.14. The molecule has 0 aliphatic carbocycles. The van der Waals surface area contributed by atoms with Gasteiger partial charge in [0.1, 0.15) is 5.82 Å². The number of hydrogen-bond donors (Lipinski definition) is 2. The molecular weight excluding hydrogens is 194 g/mol. The van der Waals surface area contributed by atoms with Gasteiger partial charge in [0.05, 0.1) is 6.61 Å². The van der Waals surface area contributed by atoms with Gasteiger partial charge < -0.3 is 15.4 Å². The molecule has 0 spiro atoms. The Morgan fingerprint density at radius 3 is 3.20 bits per heavy atom. The maximum atomic E-state index is 5.82. The van der Waals surface area contributed by atoms with Gasteiger partial charge in [-0.25, -0.2) is 0 Å². The third-order valence-electron chi connectivity index (χ3n) is 2.57. The van der Waals surface area contributed by atoms with Gasteiger partial charge >= 0.3 is 0 Å². The second-order valence-corrected chi connectivity index (χ2v) is 3.82. The molecule has 0 saturated carbocycles. The van der Waals surface area contributed by atoms with E-state index in [0.29, 0.717) is 6.61 Å². The molecule has 1 aliphatic heterocycles. The summed E-state index contributed by atoms with van der Waals surface area (Å²) in [7, 11) is 1.68. The lowest BCUT2D eigenvalue weighted by atomic mass is 10.3. The van der Waals surface area contributed by atoms with Crippen LogP contribution in [0.2, 0.25) is 0 Å². The van der Waals surface area contributed by atoms with Crippen molar-refractivity contribution in [1.82, 2.24) is 15.2 Å². The van der Waals surface area contributed by atoms with Crippen LogP contribution in [0.15, 0.2) is 0 Å². The molecule has 2 heterocycles. The molecule has 1 atom stereocenters. The summed E-state index contributed by atoms with van der Waals surface area (Å²) in [5, 5.41) is 7.07. The van der Waals surface area contributed by atoms with E-state index in [1.165, 1.54) is 0 Å². The van der Waals surface area contributed by atoms with Crippen LogP contribution in [0.1, 0.15) is 12.2 Å². The highest BCUT2D eigenvalue weighted by Gasteiger charge is 2.22. The maximum absolute atomic E-state index is 5.82. The Kier molecular flexibility index (Phi) is 3.17. The minimum Gasteiger partial charge on any atom is -0.384 e. The standard InChI is InChI=1S/C9H17N5O/c1-15-5-3-8-11-9(13-12-8)14-4-2-7(10)6-14/h7H,2-6,10H2,1H3,(H,11,12,13). The molecule has 0 bridgehead atoms. The number of aromatic nitrogens is 3. The van der Waals surface area contributed by atoms with Crippen LogP contribution in [-0.4, -0.2) is 48.0 Å². The zero-order valence-corrected chi connectivity index (χ0v) is 8.94. The van der Waals surface area contributed by atoms with Crippen molar-refractivity contribution in [3.05, 3.63) is 5.82 Å². The second kappa shape index (κ2) is 4.59. The van der Waals surface area contributed by atoms with Crippen LogP contribution in [0.5, 0.6) is 0 Å². The number of rotatable bonds is 4. The van der Waals surface area contributed by atoms with Crippen LogP contribution in [0.25, 0.3) is 0 Å². The Hall–Kier alpha value is -1.14. The van der Waals surface area contributed by atoms with Gasteiger partial charge in [-0.3, -0.25) is 5.10 Å². The summed E-state index contributed by atoms with van der Waals surface area (Å²) < 4.78 is 4.98. The number of ether oxygens (including phenoxy) is 1. The second-order valence-electron chi connectivity index (χ2n) is 3.82. The summed E-state index contributed by atoms with van der Waals surface area (Å²) in [5.74, 6) is 1.63. The molecule has 1 saturated heterocycles. The fraction of sp³-hybridized carbons (Fsp3) is 0.778. The minimum atomic E-state index is 0.255. The van der Waals surface area contributed by atoms with Crippen LogP contribution in [-0.2, 0) is 11.2 Å². The van der Waals surface area contributed by atoms with E-state index in [9.17, 15) is 0 Å². The van der Waals surface area contributed by atoms with Gasteiger partial charge in [0, 0.05) is 32.7 Å². The molecule has 84 valence electrons. The van der Waals surface area contributed by atoms with E-state index in [4.69, 9.17) is 10.5 Å². The molecule has 6 nitrogen and oxygen atoms in total. The molecular formula is C9H17N5O. The lowest BCUT2D eigenvalue weighted by Crippen LogP contribution is -2.27. The molecule has 1 aromatic heterocycles. The summed E-state index contributed by atoms with van der Waals surface area (Å²) in [6.07, 6.45) is 1.78. The number of nitrogens with two attached hydrogens (primary N) is 1. The van der Waals surface area contributed by atoms with Crippen molar-refractivity contribution in [1.29, 1.82) is 0 Å². The van der Waals surface area contributed by atoms with Crippen LogP contribution < -0.4 is 10.6 Å². The smallest absolute Gasteiger partial charge is 0.244 e. The Labute approximate surface area is 88.8 Å². The molecule has 1 unspecified atom stereocenters. The lowest BCUT2D eigenvalue weighted by molar-refractivity contribution is 0.200. The molecule has 6 heteroatoms. The van der Waals surface area contributed by atoms with Crippen molar-refractivity contribution >= 4 is 5.95 Å². The molecule has 0 radical (unpaired) electrons. The van der Waals surface area contributed by atoms with Gasteiger partial charge in [-0.2, -0.15) is 4.98 Å². The Bertz CT molecular complexity index is 313. The zero-order chi connectivity index (χ0) is 10.7. The Morgan fingerprint density at radius 1 is 1.67 bits per heavy atom. The number of H-pyrrole nitrogens is 1. The van der Waals surface area contributed by atoms with Crippen molar-refractivity contribution in [2.75, 3.05) is 31.7 Å². The van der Waals surface area contributed by atoms with E-state index in [-0.39, 0.29) is 6.04 Å². The van der Waals surface area contributed by atoms with E-state index < -0.39 is 0 Å². The summed E-state index contributed by atoms with van der Waals surface area (Å²) in [5.41, 5.74) is 5.82. The van der Waals surface area contributed by atoms with Gasteiger partial charge in [0.25, 0.3) is 0 Å². The molecule has 1 aliphatic rings. The highest BCUT2D eigenvalue weighted by molar-refractivity contribution is 5.31. The fourth-order valence-corrected chi connectivity index (χ4v) is 1.71. The first-order chi connectivity index (χ1) is 7.29. The van der Waals surface area contributed by atoms with E-state index in [0.717, 1.165) is 37.7 Å². The summed E-state index contributed by atoms with van der Waals surface area (Å²) in [6, 6.07) is 0.255. The van der Waals surface area contributed by atoms with E-state index in [1.807, 2.05) is 0 Å². The summed E-state index contributed by atoms with van der Waals surface area (Å²) in [4.78, 5) is 6.50. The molecule has 15 heavy (non-hydrogen) atoms. The van der Waals surface area contributed by atoms with Crippen molar-refractivity contribution in [2.45, 2.75) is 18.9 Å². The van der Waals surface area contributed by atoms with Crippen LogP contribution in [0.4, 0.5) is 5.95 Å².